The highest BCUT2D eigenvalue weighted by Gasteiger charge is 2.24. The number of hydrogen-bond donors (Lipinski definition) is 2. The van der Waals surface area contributed by atoms with E-state index in [1.807, 2.05) is 6.92 Å². The molecule has 98 valence electrons. The number of ether oxygens (including phenoxy) is 1. The lowest BCUT2D eigenvalue weighted by molar-refractivity contribution is 0.0908. The molecular weight excluding hydrogens is 252 g/mol. The van der Waals surface area contributed by atoms with E-state index in [1.165, 1.54) is 0 Å². The van der Waals surface area contributed by atoms with Crippen LogP contribution in [0.5, 0.6) is 0 Å². The van der Waals surface area contributed by atoms with Gasteiger partial charge in [-0.3, -0.25) is 4.79 Å². The minimum atomic E-state index is -0.164. The Morgan fingerprint density at radius 1 is 1.61 bits per heavy atom. The molecule has 1 aliphatic heterocycles. The van der Waals surface area contributed by atoms with Crippen LogP contribution in [0.15, 0.2) is 18.2 Å². The molecule has 1 amide bonds. The summed E-state index contributed by atoms with van der Waals surface area (Å²) in [5.74, 6) is 0.214. The van der Waals surface area contributed by atoms with Gasteiger partial charge in [0, 0.05) is 29.8 Å². The minimum absolute atomic E-state index is 0.164. The summed E-state index contributed by atoms with van der Waals surface area (Å²) in [4.78, 5) is 12.0. The lowest BCUT2D eigenvalue weighted by Gasteiger charge is -2.15. The molecule has 2 atom stereocenters. The largest absolute Gasteiger partial charge is 0.398 e. The first kappa shape index (κ1) is 13.2. The zero-order chi connectivity index (χ0) is 13.1. The fourth-order valence-electron chi connectivity index (χ4n) is 2.10. The third kappa shape index (κ3) is 2.94. The molecule has 2 unspecified atom stereocenters. The van der Waals surface area contributed by atoms with Gasteiger partial charge >= 0.3 is 0 Å². The molecule has 0 bridgehead atoms. The van der Waals surface area contributed by atoms with Crippen molar-refractivity contribution >= 4 is 23.2 Å². The Bertz CT molecular complexity index is 451. The molecule has 1 saturated heterocycles. The predicted octanol–water partition coefficient (Wildman–Crippen LogP) is 2.08. The molecule has 1 aromatic rings. The summed E-state index contributed by atoms with van der Waals surface area (Å²) in [5, 5.41) is 3.42. The van der Waals surface area contributed by atoms with Gasteiger partial charge in [-0.05, 0) is 31.5 Å². The smallest absolute Gasteiger partial charge is 0.253 e. The molecule has 5 heteroatoms. The van der Waals surface area contributed by atoms with E-state index < -0.39 is 0 Å². The highest BCUT2D eigenvalue weighted by Crippen LogP contribution is 2.20. The molecule has 1 aliphatic rings. The van der Waals surface area contributed by atoms with E-state index in [4.69, 9.17) is 22.1 Å². The van der Waals surface area contributed by atoms with Crippen molar-refractivity contribution in [3.63, 3.8) is 0 Å². The van der Waals surface area contributed by atoms with E-state index in [0.29, 0.717) is 28.7 Å². The number of amides is 1. The van der Waals surface area contributed by atoms with Gasteiger partial charge in [-0.1, -0.05) is 11.6 Å². The minimum Gasteiger partial charge on any atom is -0.398 e. The Morgan fingerprint density at radius 2 is 2.39 bits per heavy atom. The van der Waals surface area contributed by atoms with Crippen molar-refractivity contribution in [2.24, 2.45) is 5.92 Å². The van der Waals surface area contributed by atoms with E-state index in [1.54, 1.807) is 18.2 Å². The molecule has 3 N–H and O–H groups in total. The number of hydrogen-bond acceptors (Lipinski definition) is 3. The average molecular weight is 269 g/mol. The van der Waals surface area contributed by atoms with Crippen molar-refractivity contribution in [3.8, 4) is 0 Å². The average Bonchev–Trinajstić information content (AvgIpc) is 2.72. The maximum absolute atomic E-state index is 12.0. The van der Waals surface area contributed by atoms with Gasteiger partial charge in [0.2, 0.25) is 0 Å². The number of nitrogens with one attached hydrogen (secondary N) is 1. The maximum atomic E-state index is 12.0. The van der Waals surface area contributed by atoms with Gasteiger partial charge in [0.15, 0.2) is 0 Å². The second-order valence-electron chi connectivity index (χ2n) is 4.57. The monoisotopic (exact) mass is 268 g/mol. The van der Waals surface area contributed by atoms with Crippen LogP contribution in [0.3, 0.4) is 0 Å². The quantitative estimate of drug-likeness (QED) is 0.825. The molecule has 4 nitrogen and oxygen atoms in total. The molecule has 0 aromatic heterocycles. The Kier molecular flexibility index (Phi) is 4.09. The predicted molar refractivity (Wildman–Crippen MR) is 71.7 cm³/mol. The van der Waals surface area contributed by atoms with Crippen LogP contribution in [0.25, 0.3) is 0 Å². The summed E-state index contributed by atoms with van der Waals surface area (Å²) in [7, 11) is 0. The summed E-state index contributed by atoms with van der Waals surface area (Å²) >= 11 is 5.79. The zero-order valence-corrected chi connectivity index (χ0v) is 11.0. The molecule has 0 radical (unpaired) electrons. The van der Waals surface area contributed by atoms with E-state index in [2.05, 4.69) is 5.32 Å². The van der Waals surface area contributed by atoms with Crippen LogP contribution < -0.4 is 11.1 Å². The second-order valence-corrected chi connectivity index (χ2v) is 5.00. The number of rotatable bonds is 3. The first-order valence-electron chi connectivity index (χ1n) is 6.02. The number of nitrogens with two attached hydrogens (primary N) is 1. The van der Waals surface area contributed by atoms with Crippen LogP contribution >= 0.6 is 11.6 Å². The zero-order valence-electron chi connectivity index (χ0n) is 10.3. The molecule has 0 spiro atoms. The highest BCUT2D eigenvalue weighted by molar-refractivity contribution is 6.31. The molecule has 0 aliphatic carbocycles. The Morgan fingerprint density at radius 3 is 3.00 bits per heavy atom. The number of carbonyl (C=O) groups excluding carboxylic acids is 1. The van der Waals surface area contributed by atoms with Gasteiger partial charge in [-0.25, -0.2) is 0 Å². The summed E-state index contributed by atoms with van der Waals surface area (Å²) in [5.41, 5.74) is 6.63. The van der Waals surface area contributed by atoms with Crippen LogP contribution in [0.1, 0.15) is 23.7 Å². The summed E-state index contributed by atoms with van der Waals surface area (Å²) in [6.07, 6.45) is 1.19. The summed E-state index contributed by atoms with van der Waals surface area (Å²) < 4.78 is 5.45. The van der Waals surface area contributed by atoms with Gasteiger partial charge in [-0.15, -0.1) is 0 Å². The highest BCUT2D eigenvalue weighted by atomic mass is 35.5. The SMILES string of the molecule is CC1OCCC1CNC(=O)c1ccc(Cl)cc1N. The van der Waals surface area contributed by atoms with E-state index in [-0.39, 0.29) is 12.0 Å². The van der Waals surface area contributed by atoms with Crippen molar-refractivity contribution in [2.45, 2.75) is 19.4 Å². The van der Waals surface area contributed by atoms with Crippen molar-refractivity contribution in [1.29, 1.82) is 0 Å². The fourth-order valence-corrected chi connectivity index (χ4v) is 2.28. The summed E-state index contributed by atoms with van der Waals surface area (Å²) in [6.45, 7) is 3.41. The first-order chi connectivity index (χ1) is 8.58. The lowest BCUT2D eigenvalue weighted by atomic mass is 10.0. The number of benzene rings is 1. The van der Waals surface area contributed by atoms with Gasteiger partial charge in [-0.2, -0.15) is 0 Å². The molecule has 0 saturated carbocycles. The van der Waals surface area contributed by atoms with Crippen LogP contribution in [-0.4, -0.2) is 25.2 Å². The van der Waals surface area contributed by atoms with Gasteiger partial charge < -0.3 is 15.8 Å². The van der Waals surface area contributed by atoms with Gasteiger partial charge in [0.1, 0.15) is 0 Å². The third-order valence-electron chi connectivity index (χ3n) is 3.32. The van der Waals surface area contributed by atoms with Crippen LogP contribution in [-0.2, 0) is 4.74 Å². The molecular formula is C13H17ClN2O2. The molecule has 1 fully saturated rings. The van der Waals surface area contributed by atoms with Crippen molar-refractivity contribution < 1.29 is 9.53 Å². The van der Waals surface area contributed by atoms with Crippen molar-refractivity contribution in [1.82, 2.24) is 5.32 Å². The van der Waals surface area contributed by atoms with Crippen molar-refractivity contribution in [3.05, 3.63) is 28.8 Å². The summed E-state index contributed by atoms with van der Waals surface area (Å²) in [6, 6.07) is 4.88. The standard InChI is InChI=1S/C13H17ClN2O2/c1-8-9(4-5-18-8)7-16-13(17)11-3-2-10(14)6-12(11)15/h2-3,6,8-9H,4-5,7,15H2,1H3,(H,16,17). The van der Waals surface area contributed by atoms with Crippen LogP contribution in [0, 0.1) is 5.92 Å². The second kappa shape index (κ2) is 5.59. The number of anilines is 1. The van der Waals surface area contributed by atoms with Crippen LogP contribution in [0.2, 0.25) is 5.02 Å². The Labute approximate surface area is 111 Å². The van der Waals surface area contributed by atoms with E-state index in [0.717, 1.165) is 13.0 Å². The van der Waals surface area contributed by atoms with E-state index >= 15 is 0 Å². The number of halogens is 1. The van der Waals surface area contributed by atoms with Crippen molar-refractivity contribution in [2.75, 3.05) is 18.9 Å². The van der Waals surface area contributed by atoms with Crippen LogP contribution in [0.4, 0.5) is 5.69 Å². The molecule has 1 aromatic carbocycles. The molecule has 1 heterocycles. The van der Waals surface area contributed by atoms with Gasteiger partial charge in [0.05, 0.1) is 11.7 Å². The van der Waals surface area contributed by atoms with Gasteiger partial charge in [0.25, 0.3) is 5.91 Å². The molecule has 2 rings (SSSR count). The Hall–Kier alpha value is -1.26. The number of carbonyl (C=O) groups is 1. The topological polar surface area (TPSA) is 64.3 Å². The maximum Gasteiger partial charge on any atom is 0.253 e. The third-order valence-corrected chi connectivity index (χ3v) is 3.55. The number of nitrogen functional groups attached to an aromatic ring is 1. The Balaban J connectivity index is 1.95. The first-order valence-corrected chi connectivity index (χ1v) is 6.40. The van der Waals surface area contributed by atoms with E-state index in [9.17, 15) is 4.79 Å². The molecule has 18 heavy (non-hydrogen) atoms. The normalized spacial score (nSPS) is 23.0. The fraction of sp³-hybridized carbons (Fsp3) is 0.462. The lowest BCUT2D eigenvalue weighted by Crippen LogP contribution is -2.32.